The number of benzene rings is 1. The van der Waals surface area contributed by atoms with Crippen LogP contribution in [0.15, 0.2) is 30.5 Å². The number of rotatable bonds is 4. The molecule has 8 heteroatoms. The molecule has 1 amide bonds. The van der Waals surface area contributed by atoms with Crippen molar-refractivity contribution in [3.8, 4) is 5.75 Å². The third-order valence-electron chi connectivity index (χ3n) is 2.25. The van der Waals surface area contributed by atoms with E-state index in [1.165, 1.54) is 7.11 Å². The number of aromatic nitrogens is 1. The molecular weight excluding hydrogens is 270 g/mol. The van der Waals surface area contributed by atoms with Crippen molar-refractivity contribution in [2.45, 2.75) is 0 Å². The van der Waals surface area contributed by atoms with Gasteiger partial charge in [0.05, 0.1) is 17.6 Å². The molecule has 0 aliphatic rings. The average Bonchev–Trinajstić information content (AvgIpc) is 2.87. The van der Waals surface area contributed by atoms with Gasteiger partial charge in [0.25, 0.3) is 5.91 Å². The van der Waals surface area contributed by atoms with E-state index >= 15 is 0 Å². The number of ether oxygens (including phenoxy) is 1. The largest absolute Gasteiger partial charge is 0.496 e. The van der Waals surface area contributed by atoms with Gasteiger partial charge in [-0.2, -0.15) is 0 Å². The van der Waals surface area contributed by atoms with Gasteiger partial charge in [0.1, 0.15) is 11.9 Å². The number of nitro groups is 1. The molecule has 0 unspecified atom stereocenters. The van der Waals surface area contributed by atoms with Crippen LogP contribution in [0.1, 0.15) is 10.4 Å². The zero-order valence-corrected chi connectivity index (χ0v) is 10.6. The molecule has 0 spiro atoms. The van der Waals surface area contributed by atoms with E-state index in [9.17, 15) is 14.9 Å². The van der Waals surface area contributed by atoms with Gasteiger partial charge in [-0.05, 0) is 23.5 Å². The summed E-state index contributed by atoms with van der Waals surface area (Å²) >= 11 is 0.794. The number of methoxy groups -OCH3 is 1. The van der Waals surface area contributed by atoms with Crippen molar-refractivity contribution >= 4 is 27.4 Å². The molecule has 0 saturated carbocycles. The van der Waals surface area contributed by atoms with Crippen LogP contribution in [-0.4, -0.2) is 22.9 Å². The SMILES string of the molecule is COc1ccccc1C(=O)Nc1ncc([N+](=O)[O-])s1. The summed E-state index contributed by atoms with van der Waals surface area (Å²) in [6.45, 7) is 0. The van der Waals surface area contributed by atoms with Crippen molar-refractivity contribution in [2.75, 3.05) is 12.4 Å². The second kappa shape index (κ2) is 5.44. The van der Waals surface area contributed by atoms with Crippen LogP contribution in [0.3, 0.4) is 0 Å². The van der Waals surface area contributed by atoms with Crippen molar-refractivity contribution in [2.24, 2.45) is 0 Å². The highest BCUT2D eigenvalue weighted by molar-refractivity contribution is 7.18. The Morgan fingerprint density at radius 3 is 2.84 bits per heavy atom. The molecule has 1 heterocycles. The molecule has 0 fully saturated rings. The van der Waals surface area contributed by atoms with Crippen LogP contribution in [0.4, 0.5) is 10.1 Å². The Balaban J connectivity index is 2.18. The molecule has 0 atom stereocenters. The lowest BCUT2D eigenvalue weighted by molar-refractivity contribution is -0.380. The maximum Gasteiger partial charge on any atom is 0.345 e. The second-order valence-corrected chi connectivity index (χ2v) is 4.42. The zero-order chi connectivity index (χ0) is 13.8. The molecular formula is C11H9N3O4S. The summed E-state index contributed by atoms with van der Waals surface area (Å²) < 4.78 is 5.06. The minimum Gasteiger partial charge on any atom is -0.496 e. The Bertz CT molecular complexity index is 626. The van der Waals surface area contributed by atoms with Gasteiger partial charge in [-0.15, -0.1) is 0 Å². The Morgan fingerprint density at radius 1 is 1.47 bits per heavy atom. The number of carbonyl (C=O) groups excluding carboxylic acids is 1. The first-order valence-electron chi connectivity index (χ1n) is 5.16. The van der Waals surface area contributed by atoms with E-state index in [4.69, 9.17) is 4.74 Å². The number of hydrogen-bond donors (Lipinski definition) is 1. The van der Waals surface area contributed by atoms with Gasteiger partial charge >= 0.3 is 5.00 Å². The summed E-state index contributed by atoms with van der Waals surface area (Å²) in [5.74, 6) is -0.00671. The topological polar surface area (TPSA) is 94.4 Å². The Morgan fingerprint density at radius 2 is 2.21 bits per heavy atom. The molecule has 0 radical (unpaired) electrons. The first-order valence-corrected chi connectivity index (χ1v) is 5.98. The lowest BCUT2D eigenvalue weighted by atomic mass is 10.2. The van der Waals surface area contributed by atoms with E-state index in [1.807, 2.05) is 0 Å². The van der Waals surface area contributed by atoms with E-state index in [0.29, 0.717) is 11.3 Å². The summed E-state index contributed by atoms with van der Waals surface area (Å²) in [6, 6.07) is 6.68. The quantitative estimate of drug-likeness (QED) is 0.684. The van der Waals surface area contributed by atoms with E-state index in [-0.39, 0.29) is 10.1 Å². The maximum absolute atomic E-state index is 12.0. The average molecular weight is 279 g/mol. The molecule has 98 valence electrons. The first-order chi connectivity index (χ1) is 9.11. The number of amides is 1. The predicted molar refractivity (Wildman–Crippen MR) is 69.7 cm³/mol. The standard InChI is InChI=1S/C11H9N3O4S/c1-18-8-5-3-2-4-7(8)10(15)13-11-12-6-9(19-11)14(16)17/h2-6H,1H3,(H,12,13,15). The van der Waals surface area contributed by atoms with Crippen molar-refractivity contribution < 1.29 is 14.5 Å². The molecule has 1 aromatic heterocycles. The monoisotopic (exact) mass is 279 g/mol. The fourth-order valence-corrected chi connectivity index (χ4v) is 2.03. The number of anilines is 1. The molecule has 0 bridgehead atoms. The van der Waals surface area contributed by atoms with Gasteiger partial charge in [-0.3, -0.25) is 20.2 Å². The van der Waals surface area contributed by atoms with E-state index in [2.05, 4.69) is 10.3 Å². The van der Waals surface area contributed by atoms with Gasteiger partial charge in [0, 0.05) is 0 Å². The Kier molecular flexibility index (Phi) is 3.71. The van der Waals surface area contributed by atoms with E-state index < -0.39 is 10.8 Å². The summed E-state index contributed by atoms with van der Waals surface area (Å²) in [5.41, 5.74) is 0.336. The van der Waals surface area contributed by atoms with Crippen LogP contribution in [0.5, 0.6) is 5.75 Å². The summed E-state index contributed by atoms with van der Waals surface area (Å²) in [6.07, 6.45) is 1.10. The smallest absolute Gasteiger partial charge is 0.345 e. The van der Waals surface area contributed by atoms with E-state index in [1.54, 1.807) is 24.3 Å². The maximum atomic E-state index is 12.0. The lowest BCUT2D eigenvalue weighted by Gasteiger charge is -2.06. The van der Waals surface area contributed by atoms with Crippen LogP contribution in [0.2, 0.25) is 0 Å². The van der Waals surface area contributed by atoms with Crippen molar-refractivity contribution in [3.05, 3.63) is 46.1 Å². The lowest BCUT2D eigenvalue weighted by Crippen LogP contribution is -2.12. The molecule has 2 rings (SSSR count). The highest BCUT2D eigenvalue weighted by Gasteiger charge is 2.16. The minimum atomic E-state index is -0.559. The van der Waals surface area contributed by atoms with Crippen LogP contribution < -0.4 is 10.1 Å². The number of carbonyl (C=O) groups is 1. The molecule has 0 aliphatic heterocycles. The van der Waals surface area contributed by atoms with Gasteiger partial charge in [-0.1, -0.05) is 12.1 Å². The summed E-state index contributed by atoms with van der Waals surface area (Å²) in [4.78, 5) is 25.7. The fraction of sp³-hybridized carbons (Fsp3) is 0.0909. The van der Waals surface area contributed by atoms with Gasteiger partial charge in [0.2, 0.25) is 0 Å². The first kappa shape index (κ1) is 13.0. The van der Waals surface area contributed by atoms with Crippen LogP contribution >= 0.6 is 11.3 Å². The number of para-hydroxylation sites is 1. The van der Waals surface area contributed by atoms with Gasteiger partial charge in [0.15, 0.2) is 5.13 Å². The molecule has 19 heavy (non-hydrogen) atoms. The summed E-state index contributed by atoms with van der Waals surface area (Å²) in [7, 11) is 1.46. The minimum absolute atomic E-state index is 0.129. The Hall–Kier alpha value is -2.48. The number of hydrogen-bond acceptors (Lipinski definition) is 6. The van der Waals surface area contributed by atoms with Gasteiger partial charge < -0.3 is 4.74 Å². The highest BCUT2D eigenvalue weighted by Crippen LogP contribution is 2.26. The Labute approximate surface area is 112 Å². The zero-order valence-electron chi connectivity index (χ0n) is 9.82. The number of nitrogens with zero attached hydrogens (tertiary/aromatic N) is 2. The molecule has 1 aromatic carbocycles. The second-order valence-electron chi connectivity index (χ2n) is 3.42. The van der Waals surface area contributed by atoms with Crippen molar-refractivity contribution in [1.29, 1.82) is 0 Å². The predicted octanol–water partition coefficient (Wildman–Crippen LogP) is 2.31. The number of nitrogens with one attached hydrogen (secondary N) is 1. The molecule has 0 saturated heterocycles. The van der Waals surface area contributed by atoms with Crippen molar-refractivity contribution in [1.82, 2.24) is 4.98 Å². The molecule has 2 aromatic rings. The normalized spacial score (nSPS) is 9.95. The summed E-state index contributed by atoms with van der Waals surface area (Å²) in [5, 5.41) is 13.0. The van der Waals surface area contributed by atoms with Gasteiger partial charge in [-0.25, -0.2) is 4.98 Å². The molecule has 0 aliphatic carbocycles. The third-order valence-corrected chi connectivity index (χ3v) is 3.11. The highest BCUT2D eigenvalue weighted by atomic mass is 32.1. The van der Waals surface area contributed by atoms with E-state index in [0.717, 1.165) is 17.5 Å². The van der Waals surface area contributed by atoms with Crippen LogP contribution in [0, 0.1) is 10.1 Å². The van der Waals surface area contributed by atoms with Crippen LogP contribution in [0.25, 0.3) is 0 Å². The molecule has 7 nitrogen and oxygen atoms in total. The van der Waals surface area contributed by atoms with Crippen LogP contribution in [-0.2, 0) is 0 Å². The van der Waals surface area contributed by atoms with Crippen molar-refractivity contribution in [3.63, 3.8) is 0 Å². The fourth-order valence-electron chi connectivity index (χ4n) is 1.40. The number of thiazole rings is 1. The third kappa shape index (κ3) is 2.86. The molecule has 1 N–H and O–H groups in total.